The average molecular weight is 378 g/mol. The van der Waals surface area contributed by atoms with Crippen LogP contribution in [0.25, 0.3) is 6.08 Å². The number of nitrogens with zero attached hydrogens (tertiary/aromatic N) is 1. The molecule has 2 aliphatic rings. The van der Waals surface area contributed by atoms with E-state index in [-0.39, 0.29) is 17.4 Å². The monoisotopic (exact) mass is 377 g/mol. The van der Waals surface area contributed by atoms with Crippen molar-refractivity contribution in [3.05, 3.63) is 65.5 Å². The van der Waals surface area contributed by atoms with E-state index in [9.17, 15) is 4.79 Å². The zero-order valence-corrected chi connectivity index (χ0v) is 17.4. The Bertz CT molecular complexity index is 893. The Labute approximate surface area is 168 Å². The second kappa shape index (κ2) is 6.95. The van der Waals surface area contributed by atoms with Crippen molar-refractivity contribution in [2.45, 2.75) is 57.9 Å². The molecule has 1 aromatic carbocycles. The number of methoxy groups -OCH3 is 1. The summed E-state index contributed by atoms with van der Waals surface area (Å²) in [6.45, 7) is 7.21. The van der Waals surface area contributed by atoms with E-state index in [2.05, 4.69) is 62.0 Å². The second-order valence-corrected chi connectivity index (χ2v) is 9.40. The van der Waals surface area contributed by atoms with Crippen LogP contribution in [0.4, 0.5) is 0 Å². The lowest BCUT2D eigenvalue weighted by atomic mass is 9.53. The molecule has 1 heterocycles. The van der Waals surface area contributed by atoms with Gasteiger partial charge in [-0.15, -0.1) is 0 Å². The van der Waals surface area contributed by atoms with E-state index < -0.39 is 0 Å². The van der Waals surface area contributed by atoms with Gasteiger partial charge in [-0.2, -0.15) is 0 Å². The van der Waals surface area contributed by atoms with Crippen molar-refractivity contribution in [2.75, 3.05) is 7.11 Å². The van der Waals surface area contributed by atoms with Crippen LogP contribution >= 0.6 is 0 Å². The van der Waals surface area contributed by atoms with Gasteiger partial charge in [-0.25, -0.2) is 4.79 Å². The largest absolute Gasteiger partial charge is 0.467 e. The number of allylic oxidation sites excluding steroid dienone is 1. The molecule has 3 nitrogen and oxygen atoms in total. The van der Waals surface area contributed by atoms with Gasteiger partial charge in [0.2, 0.25) is 0 Å². The minimum absolute atomic E-state index is 0.129. The van der Waals surface area contributed by atoms with Gasteiger partial charge in [-0.1, -0.05) is 69.7 Å². The average Bonchev–Trinajstić information content (AvgIpc) is 3.11. The van der Waals surface area contributed by atoms with Crippen molar-refractivity contribution in [1.29, 1.82) is 0 Å². The highest BCUT2D eigenvalue weighted by molar-refractivity contribution is 5.75. The van der Waals surface area contributed by atoms with E-state index >= 15 is 0 Å². The lowest BCUT2D eigenvalue weighted by Crippen LogP contribution is -2.45. The first-order chi connectivity index (χ1) is 13.3. The molecule has 1 unspecified atom stereocenters. The predicted molar refractivity (Wildman–Crippen MR) is 113 cm³/mol. The van der Waals surface area contributed by atoms with Crippen LogP contribution in [0.2, 0.25) is 0 Å². The molecule has 0 radical (unpaired) electrons. The van der Waals surface area contributed by atoms with Gasteiger partial charge in [0.15, 0.2) is 0 Å². The molecule has 0 N–H and O–H groups in total. The Kier molecular flexibility index (Phi) is 4.73. The van der Waals surface area contributed by atoms with Crippen molar-refractivity contribution < 1.29 is 9.53 Å². The molecule has 1 fully saturated rings. The highest BCUT2D eigenvalue weighted by atomic mass is 16.5. The highest BCUT2D eigenvalue weighted by Gasteiger charge is 2.48. The summed E-state index contributed by atoms with van der Waals surface area (Å²) in [5.74, 6) is 0.341. The molecule has 0 aliphatic heterocycles. The summed E-state index contributed by atoms with van der Waals surface area (Å²) in [5.41, 5.74) is 4.20. The third kappa shape index (κ3) is 3.11. The van der Waals surface area contributed by atoms with Gasteiger partial charge in [-0.05, 0) is 40.9 Å². The number of aromatic nitrogens is 1. The number of fused-ring (bicyclic) bond motifs is 3. The molecule has 4 rings (SSSR count). The fourth-order valence-corrected chi connectivity index (χ4v) is 5.62. The maximum atomic E-state index is 12.6. The first kappa shape index (κ1) is 19.0. The van der Waals surface area contributed by atoms with E-state index in [0.717, 1.165) is 5.56 Å². The van der Waals surface area contributed by atoms with Gasteiger partial charge >= 0.3 is 5.97 Å². The van der Waals surface area contributed by atoms with Gasteiger partial charge in [0.25, 0.3) is 0 Å². The van der Waals surface area contributed by atoms with Crippen LogP contribution in [0.5, 0.6) is 0 Å². The molecule has 2 aromatic rings. The number of carbonyl (C=O) groups is 1. The van der Waals surface area contributed by atoms with Gasteiger partial charge < -0.3 is 9.30 Å². The van der Waals surface area contributed by atoms with Crippen molar-refractivity contribution in [3.8, 4) is 0 Å². The minimum Gasteiger partial charge on any atom is -0.467 e. The Morgan fingerprint density at radius 2 is 1.93 bits per heavy atom. The zero-order chi connectivity index (χ0) is 19.9. The third-order valence-corrected chi connectivity index (χ3v) is 7.11. The Balaban J connectivity index is 1.72. The van der Waals surface area contributed by atoms with Gasteiger partial charge in [0, 0.05) is 24.2 Å². The molecule has 3 heteroatoms. The standard InChI is InChI=1S/C25H31NO2/c1-24(2)13-8-14-25(3)20-17-26(16-19(20)11-12-22(24)25)21(23(27)28-4)15-18-9-6-5-7-10-18/h5-7,9-12,16-17,21-22H,8,13-15H2,1-4H3/t21-,22?,25-/m1/s1. The number of ether oxygens (including phenoxy) is 1. The molecule has 2 aliphatic carbocycles. The predicted octanol–water partition coefficient (Wildman–Crippen LogP) is 5.56. The third-order valence-electron chi connectivity index (χ3n) is 7.11. The normalized spacial score (nSPS) is 26.2. The van der Waals surface area contributed by atoms with E-state index in [1.165, 1.54) is 37.5 Å². The van der Waals surface area contributed by atoms with Crippen LogP contribution in [-0.2, 0) is 21.4 Å². The second-order valence-electron chi connectivity index (χ2n) is 9.40. The SMILES string of the molecule is COC(=O)[C@@H](Cc1ccccc1)n1cc2c(c1)[C@@]1(C)CCCC(C)(C)C1C=C2. The maximum absolute atomic E-state index is 12.6. The molecule has 28 heavy (non-hydrogen) atoms. The number of rotatable bonds is 4. The van der Waals surface area contributed by atoms with Crippen molar-refractivity contribution in [1.82, 2.24) is 4.57 Å². The van der Waals surface area contributed by atoms with Gasteiger partial charge in [0.05, 0.1) is 7.11 Å². The van der Waals surface area contributed by atoms with Crippen LogP contribution in [0, 0.1) is 11.3 Å². The lowest BCUT2D eigenvalue weighted by molar-refractivity contribution is -0.144. The first-order valence-electron chi connectivity index (χ1n) is 10.4. The molecule has 0 saturated heterocycles. The van der Waals surface area contributed by atoms with Crippen molar-refractivity contribution in [3.63, 3.8) is 0 Å². The minimum atomic E-state index is -0.343. The summed E-state index contributed by atoms with van der Waals surface area (Å²) in [5, 5.41) is 0. The molecular formula is C25H31NO2. The topological polar surface area (TPSA) is 31.2 Å². The van der Waals surface area contributed by atoms with Crippen molar-refractivity contribution in [2.24, 2.45) is 11.3 Å². The van der Waals surface area contributed by atoms with E-state index in [0.29, 0.717) is 17.8 Å². The fourth-order valence-electron chi connectivity index (χ4n) is 5.62. The number of hydrogen-bond donors (Lipinski definition) is 0. The lowest BCUT2D eigenvalue weighted by Gasteiger charge is -2.51. The van der Waals surface area contributed by atoms with Crippen LogP contribution in [0.15, 0.2) is 48.8 Å². The smallest absolute Gasteiger partial charge is 0.329 e. The van der Waals surface area contributed by atoms with Gasteiger partial charge in [-0.3, -0.25) is 0 Å². The Morgan fingerprint density at radius 3 is 2.64 bits per heavy atom. The van der Waals surface area contributed by atoms with Crippen molar-refractivity contribution >= 4 is 12.0 Å². The molecular weight excluding hydrogens is 346 g/mol. The van der Waals surface area contributed by atoms with E-state index in [4.69, 9.17) is 4.74 Å². The van der Waals surface area contributed by atoms with Crippen LogP contribution in [0.1, 0.15) is 62.8 Å². The Morgan fingerprint density at radius 1 is 1.18 bits per heavy atom. The molecule has 0 amide bonds. The molecule has 1 aromatic heterocycles. The summed E-state index contributed by atoms with van der Waals surface area (Å²) in [6, 6.07) is 9.83. The Hall–Kier alpha value is -2.29. The molecule has 148 valence electrons. The zero-order valence-electron chi connectivity index (χ0n) is 17.4. The summed E-state index contributed by atoms with van der Waals surface area (Å²) in [4.78, 5) is 12.6. The van der Waals surface area contributed by atoms with Gasteiger partial charge in [0.1, 0.15) is 6.04 Å². The summed E-state index contributed by atoms with van der Waals surface area (Å²) >= 11 is 0. The first-order valence-corrected chi connectivity index (χ1v) is 10.4. The van der Waals surface area contributed by atoms with E-state index in [1.807, 2.05) is 18.2 Å². The summed E-state index contributed by atoms with van der Waals surface area (Å²) in [7, 11) is 1.48. The molecule has 1 saturated carbocycles. The number of hydrogen-bond acceptors (Lipinski definition) is 2. The quantitative estimate of drug-likeness (QED) is 0.654. The van der Waals surface area contributed by atoms with Crippen LogP contribution < -0.4 is 0 Å². The molecule has 0 bridgehead atoms. The molecule has 3 atom stereocenters. The fraction of sp³-hybridized carbons (Fsp3) is 0.480. The van der Waals surface area contributed by atoms with Crippen LogP contribution in [-0.4, -0.2) is 17.6 Å². The van der Waals surface area contributed by atoms with Crippen LogP contribution in [0.3, 0.4) is 0 Å². The number of benzene rings is 1. The maximum Gasteiger partial charge on any atom is 0.329 e. The summed E-state index contributed by atoms with van der Waals surface area (Å²) in [6.07, 6.45) is 13.4. The number of esters is 1. The number of carbonyl (C=O) groups excluding carboxylic acids is 1. The van der Waals surface area contributed by atoms with E-state index in [1.54, 1.807) is 0 Å². The summed E-state index contributed by atoms with van der Waals surface area (Å²) < 4.78 is 7.24. The highest BCUT2D eigenvalue weighted by Crippen LogP contribution is 2.56. The molecule has 0 spiro atoms.